The third-order valence-corrected chi connectivity index (χ3v) is 4.81. The van der Waals surface area contributed by atoms with Gasteiger partial charge in [0.25, 0.3) is 5.91 Å². The average Bonchev–Trinajstić information content (AvgIpc) is 3.27. The number of imidazole rings is 1. The van der Waals surface area contributed by atoms with Crippen molar-refractivity contribution in [3.63, 3.8) is 0 Å². The monoisotopic (exact) mass is 376 g/mol. The van der Waals surface area contributed by atoms with Crippen LogP contribution in [-0.2, 0) is 6.42 Å². The number of aromatic amines is 1. The van der Waals surface area contributed by atoms with Crippen LogP contribution in [0.5, 0.6) is 0 Å². The molecule has 0 radical (unpaired) electrons. The minimum Gasteiger partial charge on any atom is -0.352 e. The summed E-state index contributed by atoms with van der Waals surface area (Å²) in [7, 11) is 0. The first kappa shape index (κ1) is 18.2. The Balaban J connectivity index is 1.38. The normalized spacial score (nSPS) is 11.6. The Morgan fingerprint density at radius 3 is 2.86 bits per heavy atom. The minimum atomic E-state index is -0.103. The van der Waals surface area contributed by atoms with Crippen LogP contribution in [0.15, 0.2) is 36.5 Å². The van der Waals surface area contributed by atoms with Crippen LogP contribution in [0.2, 0.25) is 0 Å². The summed E-state index contributed by atoms with van der Waals surface area (Å²) in [6, 6.07) is 10.1. The van der Waals surface area contributed by atoms with E-state index in [-0.39, 0.29) is 11.9 Å². The number of nitrogens with zero attached hydrogens (tertiary/aromatic N) is 4. The van der Waals surface area contributed by atoms with E-state index in [1.54, 1.807) is 6.20 Å². The molecule has 1 amide bonds. The Bertz CT molecular complexity index is 1110. The maximum atomic E-state index is 12.6. The third-order valence-electron chi connectivity index (χ3n) is 4.81. The number of nitrogens with one attached hydrogen (secondary N) is 2. The molecule has 0 saturated heterocycles. The predicted octanol–water partition coefficient (Wildman–Crippen LogP) is 3.56. The zero-order chi connectivity index (χ0) is 19.7. The zero-order valence-corrected chi connectivity index (χ0v) is 16.4. The molecule has 0 fully saturated rings. The summed E-state index contributed by atoms with van der Waals surface area (Å²) in [5.41, 5.74) is 4.13. The smallest absolute Gasteiger partial charge is 0.253 e. The van der Waals surface area contributed by atoms with Crippen molar-refractivity contribution in [3.05, 3.63) is 53.6 Å². The molecule has 1 aromatic carbocycles. The highest BCUT2D eigenvalue weighted by Gasteiger charge is 2.15. The predicted molar refractivity (Wildman–Crippen MR) is 109 cm³/mol. The summed E-state index contributed by atoms with van der Waals surface area (Å²) >= 11 is 0. The number of H-pyrrole nitrogens is 1. The number of carbonyl (C=O) groups excluding carboxylic acids is 1. The van der Waals surface area contributed by atoms with Crippen LogP contribution >= 0.6 is 0 Å². The first-order valence-corrected chi connectivity index (χ1v) is 9.59. The Morgan fingerprint density at radius 1 is 1.25 bits per heavy atom. The molecular weight excluding hydrogens is 352 g/mol. The molecule has 0 unspecified atom stereocenters. The highest BCUT2D eigenvalue weighted by atomic mass is 16.1. The van der Waals surface area contributed by atoms with Crippen molar-refractivity contribution in [1.82, 2.24) is 30.0 Å². The quantitative estimate of drug-likeness (QED) is 0.504. The first-order chi connectivity index (χ1) is 13.5. The maximum Gasteiger partial charge on any atom is 0.253 e. The van der Waals surface area contributed by atoms with E-state index in [1.807, 2.05) is 41.9 Å². The van der Waals surface area contributed by atoms with Crippen molar-refractivity contribution in [2.75, 3.05) is 6.54 Å². The number of fused-ring (bicyclic) bond motifs is 2. The van der Waals surface area contributed by atoms with Gasteiger partial charge in [-0.2, -0.15) is 5.10 Å². The van der Waals surface area contributed by atoms with Gasteiger partial charge in [0.1, 0.15) is 5.82 Å². The van der Waals surface area contributed by atoms with E-state index >= 15 is 0 Å². The van der Waals surface area contributed by atoms with Crippen LogP contribution in [0, 0.1) is 6.92 Å². The van der Waals surface area contributed by atoms with E-state index < -0.39 is 0 Å². The number of aromatic nitrogens is 5. The Hall–Kier alpha value is -3.22. The third kappa shape index (κ3) is 3.47. The Morgan fingerprint density at radius 2 is 2.07 bits per heavy atom. The number of amides is 1. The van der Waals surface area contributed by atoms with Gasteiger partial charge in [-0.25, -0.2) is 14.6 Å². The molecule has 0 atom stereocenters. The summed E-state index contributed by atoms with van der Waals surface area (Å²) in [4.78, 5) is 25.1. The van der Waals surface area contributed by atoms with Gasteiger partial charge >= 0.3 is 0 Å². The van der Waals surface area contributed by atoms with Crippen molar-refractivity contribution >= 4 is 28.0 Å². The number of hydrogen-bond acceptors (Lipinski definition) is 4. The maximum absolute atomic E-state index is 12.6. The second-order valence-corrected chi connectivity index (χ2v) is 7.28. The van der Waals surface area contributed by atoms with Gasteiger partial charge in [-0.3, -0.25) is 4.79 Å². The minimum absolute atomic E-state index is 0.103. The fourth-order valence-corrected chi connectivity index (χ4v) is 3.35. The van der Waals surface area contributed by atoms with Crippen LogP contribution < -0.4 is 5.32 Å². The molecule has 0 aliphatic heterocycles. The van der Waals surface area contributed by atoms with Gasteiger partial charge in [-0.1, -0.05) is 12.1 Å². The van der Waals surface area contributed by atoms with Gasteiger partial charge in [0.15, 0.2) is 5.65 Å². The fourth-order valence-electron chi connectivity index (χ4n) is 3.35. The zero-order valence-electron chi connectivity index (χ0n) is 16.4. The average molecular weight is 376 g/mol. The van der Waals surface area contributed by atoms with Crippen molar-refractivity contribution in [2.45, 2.75) is 39.7 Å². The number of aryl methyl sites for hydroxylation is 2. The number of carbonyl (C=O) groups is 1. The molecule has 0 saturated carbocycles. The largest absolute Gasteiger partial charge is 0.352 e. The van der Waals surface area contributed by atoms with E-state index in [4.69, 9.17) is 0 Å². The molecule has 7 heteroatoms. The van der Waals surface area contributed by atoms with Gasteiger partial charge in [-0.15, -0.1) is 0 Å². The Labute approximate surface area is 163 Å². The van der Waals surface area contributed by atoms with Gasteiger partial charge in [0.05, 0.1) is 28.5 Å². The van der Waals surface area contributed by atoms with Gasteiger partial charge < -0.3 is 10.3 Å². The lowest BCUT2D eigenvalue weighted by atomic mass is 10.1. The number of benzene rings is 1. The molecule has 4 aromatic rings. The second kappa shape index (κ2) is 7.42. The molecule has 2 N–H and O–H groups in total. The summed E-state index contributed by atoms with van der Waals surface area (Å²) in [6.07, 6.45) is 3.36. The van der Waals surface area contributed by atoms with Gasteiger partial charge in [-0.05, 0) is 45.4 Å². The second-order valence-electron chi connectivity index (χ2n) is 7.28. The van der Waals surface area contributed by atoms with Crippen LogP contribution in [0.4, 0.5) is 0 Å². The molecule has 0 aliphatic carbocycles. The summed E-state index contributed by atoms with van der Waals surface area (Å²) < 4.78 is 1.87. The lowest BCUT2D eigenvalue weighted by Gasteiger charge is -2.09. The number of hydrogen-bond donors (Lipinski definition) is 2. The summed E-state index contributed by atoms with van der Waals surface area (Å²) in [6.45, 7) is 6.57. The van der Waals surface area contributed by atoms with Crippen molar-refractivity contribution < 1.29 is 4.79 Å². The summed E-state index contributed by atoms with van der Waals surface area (Å²) in [5.74, 6) is 0.838. The SMILES string of the molecule is Cc1nc2c(cnn2C(C)C)cc1C(=O)NCCCc1nc2ccccc2[nH]1. The molecule has 28 heavy (non-hydrogen) atoms. The molecule has 7 nitrogen and oxygen atoms in total. The van der Waals surface area contributed by atoms with Crippen molar-refractivity contribution in [3.8, 4) is 0 Å². The van der Waals surface area contributed by atoms with Crippen LogP contribution in [0.25, 0.3) is 22.1 Å². The molecular formula is C21H24N6O. The number of pyridine rings is 1. The van der Waals surface area contributed by atoms with E-state index in [2.05, 4.69) is 39.2 Å². The topological polar surface area (TPSA) is 88.5 Å². The van der Waals surface area contributed by atoms with Crippen molar-refractivity contribution in [1.29, 1.82) is 0 Å². The van der Waals surface area contributed by atoms with Crippen LogP contribution in [0.1, 0.15) is 48.2 Å². The molecule has 0 aliphatic rings. The molecule has 144 valence electrons. The molecule has 4 rings (SSSR count). The number of rotatable bonds is 6. The van der Waals surface area contributed by atoms with Gasteiger partial charge in [0.2, 0.25) is 0 Å². The summed E-state index contributed by atoms with van der Waals surface area (Å²) in [5, 5.41) is 8.25. The van der Waals surface area contributed by atoms with Crippen molar-refractivity contribution in [2.24, 2.45) is 0 Å². The molecule has 3 aromatic heterocycles. The molecule has 3 heterocycles. The van der Waals surface area contributed by atoms with Crippen LogP contribution in [-0.4, -0.2) is 37.2 Å². The van der Waals surface area contributed by atoms with E-state index in [1.165, 1.54) is 0 Å². The highest BCUT2D eigenvalue weighted by molar-refractivity contribution is 5.98. The molecule has 0 spiro atoms. The van der Waals surface area contributed by atoms with Crippen LogP contribution in [0.3, 0.4) is 0 Å². The van der Waals surface area contributed by atoms with E-state index in [0.717, 1.165) is 40.7 Å². The Kier molecular flexibility index (Phi) is 4.81. The lowest BCUT2D eigenvalue weighted by Crippen LogP contribution is -2.26. The highest BCUT2D eigenvalue weighted by Crippen LogP contribution is 2.19. The van der Waals surface area contributed by atoms with E-state index in [9.17, 15) is 4.79 Å². The number of para-hydroxylation sites is 2. The fraction of sp³-hybridized carbons (Fsp3) is 0.333. The van der Waals surface area contributed by atoms with E-state index in [0.29, 0.717) is 17.8 Å². The standard InChI is InChI=1S/C21H24N6O/c1-13(2)27-20-15(12-23-27)11-16(14(3)24-20)21(28)22-10-6-9-19-25-17-7-4-5-8-18(17)26-19/h4-5,7-8,11-13H,6,9-10H2,1-3H3,(H,22,28)(H,25,26). The van der Waals surface area contributed by atoms with Gasteiger partial charge in [0, 0.05) is 24.4 Å². The first-order valence-electron chi connectivity index (χ1n) is 9.59. The molecule has 0 bridgehead atoms. The lowest BCUT2D eigenvalue weighted by molar-refractivity contribution is 0.0952.